The zero-order valence-corrected chi connectivity index (χ0v) is 16.4. The highest BCUT2D eigenvalue weighted by Gasteiger charge is 2.25. The van der Waals surface area contributed by atoms with Gasteiger partial charge in [-0.3, -0.25) is 4.79 Å². The van der Waals surface area contributed by atoms with Gasteiger partial charge in [-0.1, -0.05) is 18.6 Å². The zero-order valence-electron chi connectivity index (χ0n) is 16.4. The topological polar surface area (TPSA) is 74.8 Å². The first kappa shape index (κ1) is 20.2. The number of nitrogens with one attached hydrogen (secondary N) is 3. The molecule has 6 nitrogen and oxygen atoms in total. The molecule has 0 bridgehead atoms. The third-order valence-corrected chi connectivity index (χ3v) is 4.67. The van der Waals surface area contributed by atoms with Crippen molar-refractivity contribution in [2.75, 3.05) is 25.5 Å². The van der Waals surface area contributed by atoms with Crippen LogP contribution in [0.25, 0.3) is 0 Å². The number of carbonyl (C=O) groups is 1. The summed E-state index contributed by atoms with van der Waals surface area (Å²) in [6.07, 6.45) is 3.17. The van der Waals surface area contributed by atoms with E-state index in [-0.39, 0.29) is 17.4 Å². The van der Waals surface area contributed by atoms with Crippen LogP contribution in [0.2, 0.25) is 0 Å². The summed E-state index contributed by atoms with van der Waals surface area (Å²) in [6, 6.07) is 7.89. The molecule has 0 aromatic heterocycles. The Kier molecular flexibility index (Phi) is 7.45. The second-order valence-electron chi connectivity index (χ2n) is 7.33. The van der Waals surface area contributed by atoms with Crippen LogP contribution >= 0.6 is 0 Å². The first-order valence-electron chi connectivity index (χ1n) is 9.40. The van der Waals surface area contributed by atoms with Gasteiger partial charge in [0.05, 0.1) is 12.1 Å². The third-order valence-electron chi connectivity index (χ3n) is 4.67. The quantitative estimate of drug-likeness (QED) is 0.492. The van der Waals surface area contributed by atoms with Crippen molar-refractivity contribution in [1.82, 2.24) is 10.6 Å². The molecule has 0 spiro atoms. The van der Waals surface area contributed by atoms with Crippen molar-refractivity contribution in [1.29, 1.82) is 0 Å². The van der Waals surface area contributed by atoms with Crippen LogP contribution in [0.4, 0.5) is 5.69 Å². The number of hydrogen-bond acceptors (Lipinski definition) is 3. The molecule has 0 aliphatic heterocycles. The Morgan fingerprint density at radius 2 is 2.08 bits per heavy atom. The minimum atomic E-state index is -0.262. The molecular weight excluding hydrogens is 328 g/mol. The minimum absolute atomic E-state index is 0.133. The molecule has 0 heterocycles. The predicted octanol–water partition coefficient (Wildman–Crippen LogP) is 2.91. The van der Waals surface area contributed by atoms with Crippen LogP contribution in [-0.4, -0.2) is 37.7 Å². The molecule has 0 radical (unpaired) electrons. The van der Waals surface area contributed by atoms with E-state index in [1.165, 1.54) is 0 Å². The van der Waals surface area contributed by atoms with Crippen LogP contribution in [0, 0.1) is 5.92 Å². The van der Waals surface area contributed by atoms with Crippen LogP contribution in [0.3, 0.4) is 0 Å². The number of benzene rings is 1. The van der Waals surface area contributed by atoms with Gasteiger partial charge in [-0.25, -0.2) is 4.99 Å². The highest BCUT2D eigenvalue weighted by atomic mass is 16.5. The van der Waals surface area contributed by atoms with Crippen LogP contribution in [-0.2, 0) is 16.1 Å². The summed E-state index contributed by atoms with van der Waals surface area (Å²) in [5.41, 5.74) is 1.63. The summed E-state index contributed by atoms with van der Waals surface area (Å²) in [6.45, 7) is 8.07. The number of ether oxygens (including phenoxy) is 1. The summed E-state index contributed by atoms with van der Waals surface area (Å²) in [7, 11) is 1.70. The van der Waals surface area contributed by atoms with Crippen molar-refractivity contribution in [2.45, 2.75) is 52.2 Å². The lowest BCUT2D eigenvalue weighted by Gasteiger charge is -2.24. The third kappa shape index (κ3) is 6.33. The van der Waals surface area contributed by atoms with Crippen molar-refractivity contribution in [2.24, 2.45) is 10.9 Å². The number of nitrogens with zero attached hydrogens (tertiary/aromatic N) is 1. The molecule has 1 fully saturated rings. The molecule has 144 valence electrons. The maximum Gasteiger partial charge on any atom is 0.227 e. The molecule has 1 aliphatic carbocycles. The van der Waals surface area contributed by atoms with Gasteiger partial charge in [0.1, 0.15) is 0 Å². The van der Waals surface area contributed by atoms with Gasteiger partial charge < -0.3 is 20.7 Å². The smallest absolute Gasteiger partial charge is 0.227 e. The van der Waals surface area contributed by atoms with Gasteiger partial charge >= 0.3 is 0 Å². The number of hydrogen-bond donors (Lipinski definition) is 3. The molecule has 1 aliphatic rings. The Morgan fingerprint density at radius 3 is 2.69 bits per heavy atom. The Bertz CT molecular complexity index is 624. The van der Waals surface area contributed by atoms with E-state index in [1.54, 1.807) is 7.11 Å². The molecule has 0 unspecified atom stereocenters. The van der Waals surface area contributed by atoms with Crippen molar-refractivity contribution >= 4 is 17.6 Å². The number of methoxy groups -OCH3 is 1. The van der Waals surface area contributed by atoms with E-state index in [1.807, 2.05) is 45.0 Å². The summed E-state index contributed by atoms with van der Waals surface area (Å²) in [4.78, 5) is 16.7. The molecule has 1 saturated carbocycles. The lowest BCUT2D eigenvalue weighted by molar-refractivity contribution is -0.122. The fourth-order valence-corrected chi connectivity index (χ4v) is 2.54. The van der Waals surface area contributed by atoms with E-state index in [0.717, 1.165) is 43.0 Å². The van der Waals surface area contributed by atoms with E-state index in [0.29, 0.717) is 13.1 Å². The van der Waals surface area contributed by atoms with Crippen LogP contribution < -0.4 is 16.0 Å². The molecule has 1 amide bonds. The highest BCUT2D eigenvalue weighted by Crippen LogP contribution is 2.27. The second-order valence-corrected chi connectivity index (χ2v) is 7.33. The van der Waals surface area contributed by atoms with E-state index in [2.05, 4.69) is 20.9 Å². The summed E-state index contributed by atoms with van der Waals surface area (Å²) >= 11 is 0. The molecule has 26 heavy (non-hydrogen) atoms. The SMILES string of the molecule is CCNC(=NCc1cccc(NC(=O)C2CCC2)c1)NCC(C)(C)OC. The largest absolute Gasteiger partial charge is 0.377 e. The molecule has 1 aromatic rings. The normalized spacial score (nSPS) is 15.3. The van der Waals surface area contributed by atoms with E-state index in [9.17, 15) is 4.79 Å². The Labute approximate surface area is 156 Å². The van der Waals surface area contributed by atoms with E-state index >= 15 is 0 Å². The summed E-state index contributed by atoms with van der Waals surface area (Å²) in [5, 5.41) is 9.56. The lowest BCUT2D eigenvalue weighted by Crippen LogP contribution is -2.45. The number of amides is 1. The fourth-order valence-electron chi connectivity index (χ4n) is 2.54. The van der Waals surface area contributed by atoms with Gasteiger partial charge in [0, 0.05) is 31.8 Å². The van der Waals surface area contributed by atoms with Crippen LogP contribution in [0.15, 0.2) is 29.3 Å². The van der Waals surface area contributed by atoms with Gasteiger partial charge in [0.25, 0.3) is 0 Å². The molecule has 1 aromatic carbocycles. The van der Waals surface area contributed by atoms with Crippen molar-refractivity contribution in [3.8, 4) is 0 Å². The first-order chi connectivity index (χ1) is 12.4. The average Bonchev–Trinajstić information content (AvgIpc) is 2.56. The van der Waals surface area contributed by atoms with Crippen molar-refractivity contribution in [3.05, 3.63) is 29.8 Å². The van der Waals surface area contributed by atoms with Gasteiger partial charge in [-0.15, -0.1) is 0 Å². The maximum atomic E-state index is 12.1. The highest BCUT2D eigenvalue weighted by molar-refractivity contribution is 5.93. The van der Waals surface area contributed by atoms with Gasteiger partial charge in [-0.05, 0) is 51.3 Å². The van der Waals surface area contributed by atoms with Crippen LogP contribution in [0.1, 0.15) is 45.6 Å². The molecule has 3 N–H and O–H groups in total. The first-order valence-corrected chi connectivity index (χ1v) is 9.40. The van der Waals surface area contributed by atoms with Crippen molar-refractivity contribution < 1.29 is 9.53 Å². The second kappa shape index (κ2) is 9.57. The number of rotatable bonds is 8. The Hall–Kier alpha value is -2.08. The molecular formula is C20H32N4O2. The van der Waals surface area contributed by atoms with E-state index in [4.69, 9.17) is 4.74 Å². The van der Waals surface area contributed by atoms with E-state index < -0.39 is 0 Å². The summed E-state index contributed by atoms with van der Waals surface area (Å²) < 4.78 is 5.43. The minimum Gasteiger partial charge on any atom is -0.377 e. The van der Waals surface area contributed by atoms with Crippen LogP contribution in [0.5, 0.6) is 0 Å². The average molecular weight is 361 g/mol. The Balaban J connectivity index is 1.95. The van der Waals surface area contributed by atoms with Crippen molar-refractivity contribution in [3.63, 3.8) is 0 Å². The summed E-state index contributed by atoms with van der Waals surface area (Å²) in [5.74, 6) is 1.07. The monoisotopic (exact) mass is 360 g/mol. The van der Waals surface area contributed by atoms with Gasteiger partial charge in [-0.2, -0.15) is 0 Å². The molecule has 0 saturated heterocycles. The zero-order chi connectivity index (χ0) is 19.0. The molecule has 2 rings (SSSR count). The number of anilines is 1. The lowest BCUT2D eigenvalue weighted by atomic mass is 9.85. The maximum absolute atomic E-state index is 12.1. The predicted molar refractivity (Wildman–Crippen MR) is 106 cm³/mol. The number of guanidine groups is 1. The molecule has 6 heteroatoms. The Morgan fingerprint density at radius 1 is 1.31 bits per heavy atom. The number of carbonyl (C=O) groups excluding carboxylic acids is 1. The standard InChI is InChI=1S/C20H32N4O2/c1-5-21-19(23-14-20(2,3)26-4)22-13-15-8-6-11-17(12-15)24-18(25)16-9-7-10-16/h6,8,11-12,16H,5,7,9-10,13-14H2,1-4H3,(H,24,25)(H2,21,22,23). The molecule has 0 atom stereocenters. The number of aliphatic imine (C=N–C) groups is 1. The van der Waals surface area contributed by atoms with Gasteiger partial charge in [0.2, 0.25) is 5.91 Å². The van der Waals surface area contributed by atoms with Gasteiger partial charge in [0.15, 0.2) is 5.96 Å². The fraction of sp³-hybridized carbons (Fsp3) is 0.600.